The number of halogens is 5. The molecule has 6 aromatic carbocycles. The summed E-state index contributed by atoms with van der Waals surface area (Å²) < 4.78 is 7.65. The first-order valence-corrected chi connectivity index (χ1v) is 17.4. The van der Waals surface area contributed by atoms with Crippen molar-refractivity contribution in [3.05, 3.63) is 156 Å². The summed E-state index contributed by atoms with van der Waals surface area (Å²) in [7, 11) is 0. The summed E-state index contributed by atoms with van der Waals surface area (Å²) in [6, 6.07) is 46.1. The Labute approximate surface area is 291 Å². The maximum Gasteiger partial charge on any atom is 0.0541 e. The quantitative estimate of drug-likeness (QED) is 0.170. The van der Waals surface area contributed by atoms with Crippen molar-refractivity contribution in [1.82, 2.24) is 9.55 Å². The van der Waals surface area contributed by atoms with Crippen molar-refractivity contribution >= 4 is 123 Å². The van der Waals surface area contributed by atoms with Crippen molar-refractivity contribution in [2.24, 2.45) is 0 Å². The molecule has 0 aliphatic carbocycles. The van der Waals surface area contributed by atoms with Gasteiger partial charge in [-0.25, -0.2) is 0 Å². The van der Waals surface area contributed by atoms with Crippen LogP contribution in [0, 0.1) is 0 Å². The molecule has 1 N–H and O–H groups in total. The lowest BCUT2D eigenvalue weighted by Gasteiger charge is -2.09. The Kier molecular flexibility index (Phi) is 9.55. The monoisotopic (exact) mass is 878 g/mol. The molecule has 0 saturated heterocycles. The van der Waals surface area contributed by atoms with E-state index in [-0.39, 0.29) is 0 Å². The van der Waals surface area contributed by atoms with Crippen LogP contribution in [0.1, 0.15) is 0 Å². The number of para-hydroxylation sites is 4. The van der Waals surface area contributed by atoms with Gasteiger partial charge in [0, 0.05) is 60.6 Å². The second-order valence-electron chi connectivity index (χ2n) is 9.80. The van der Waals surface area contributed by atoms with Crippen LogP contribution in [-0.4, -0.2) is 9.55 Å². The summed E-state index contributed by atoms with van der Waals surface area (Å²) in [6.07, 6.45) is 0. The van der Waals surface area contributed by atoms with Crippen LogP contribution < -0.4 is 0 Å². The molecule has 7 heteroatoms. The minimum absolute atomic E-state index is 1.06. The molecule has 0 saturated carbocycles. The highest BCUT2D eigenvalue weighted by molar-refractivity contribution is 9.11. The van der Waals surface area contributed by atoms with Crippen LogP contribution in [0.2, 0.25) is 0 Å². The number of benzene rings is 6. The van der Waals surface area contributed by atoms with E-state index in [0.717, 1.165) is 28.1 Å². The largest absolute Gasteiger partial charge is 0.355 e. The van der Waals surface area contributed by atoms with Crippen LogP contribution in [0.25, 0.3) is 49.3 Å². The molecule has 2 heterocycles. The van der Waals surface area contributed by atoms with E-state index in [1.54, 1.807) is 0 Å². The van der Waals surface area contributed by atoms with Gasteiger partial charge in [0.25, 0.3) is 0 Å². The van der Waals surface area contributed by atoms with E-state index in [1.807, 2.05) is 18.2 Å². The number of nitrogens with zero attached hydrogens (tertiary/aromatic N) is 1. The third-order valence-electron chi connectivity index (χ3n) is 6.93. The maximum absolute atomic E-state index is 3.58. The second kappa shape index (κ2) is 13.5. The van der Waals surface area contributed by atoms with Gasteiger partial charge in [0.05, 0.1) is 11.0 Å². The average molecular weight is 883 g/mol. The SMILES string of the molecule is Brc1cc(Br)cc(-n2c3ccccc3c3ccccc32)c1.Brc1cc(Br)cc(Br)c1.c1ccc2c(c1)[nH]c1ccccc12. The van der Waals surface area contributed by atoms with Crippen LogP contribution in [0.3, 0.4) is 0 Å². The van der Waals surface area contributed by atoms with Crippen molar-refractivity contribution in [2.75, 3.05) is 0 Å². The summed E-state index contributed by atoms with van der Waals surface area (Å²) in [5.41, 5.74) is 6.02. The number of hydrogen-bond acceptors (Lipinski definition) is 0. The van der Waals surface area contributed by atoms with Gasteiger partial charge in [0.1, 0.15) is 0 Å². The van der Waals surface area contributed by atoms with Gasteiger partial charge in [-0.3, -0.25) is 0 Å². The summed E-state index contributed by atoms with van der Waals surface area (Å²) in [5.74, 6) is 0. The van der Waals surface area contributed by atoms with Gasteiger partial charge >= 0.3 is 0 Å². The maximum atomic E-state index is 3.58. The zero-order chi connectivity index (χ0) is 29.9. The van der Waals surface area contributed by atoms with Crippen molar-refractivity contribution in [2.45, 2.75) is 0 Å². The molecule has 0 fully saturated rings. The fourth-order valence-corrected chi connectivity index (χ4v) is 8.86. The Hall–Kier alpha value is -2.68. The predicted molar refractivity (Wildman–Crippen MR) is 202 cm³/mol. The molecule has 0 aliphatic heterocycles. The van der Waals surface area contributed by atoms with E-state index >= 15 is 0 Å². The predicted octanol–water partition coefficient (Wildman–Crippen LogP) is 13.6. The first-order valence-electron chi connectivity index (χ1n) is 13.4. The number of nitrogens with one attached hydrogen (secondary N) is 1. The van der Waals surface area contributed by atoms with Gasteiger partial charge < -0.3 is 9.55 Å². The molecule has 0 unspecified atom stereocenters. The summed E-state index contributed by atoms with van der Waals surface area (Å²) in [4.78, 5) is 3.38. The molecule has 0 amide bonds. The van der Waals surface area contributed by atoms with Gasteiger partial charge in [0.15, 0.2) is 0 Å². The van der Waals surface area contributed by atoms with Gasteiger partial charge in [-0.1, -0.05) is 152 Å². The van der Waals surface area contributed by atoms with Gasteiger partial charge in [-0.2, -0.15) is 0 Å². The van der Waals surface area contributed by atoms with Crippen LogP contribution in [0.4, 0.5) is 0 Å². The zero-order valence-electron chi connectivity index (χ0n) is 22.5. The summed E-state index contributed by atoms with van der Waals surface area (Å²) >= 11 is 17.2. The molecule has 2 aromatic heterocycles. The number of H-pyrrole nitrogens is 1. The fraction of sp³-hybridized carbons (Fsp3) is 0. The molecule has 0 aliphatic rings. The molecule has 0 bridgehead atoms. The Morgan fingerprint density at radius 3 is 1.12 bits per heavy atom. The van der Waals surface area contributed by atoms with Crippen LogP contribution >= 0.6 is 79.6 Å². The first kappa shape index (κ1) is 30.4. The Bertz CT molecular complexity index is 2040. The van der Waals surface area contributed by atoms with E-state index < -0.39 is 0 Å². The van der Waals surface area contributed by atoms with E-state index in [4.69, 9.17) is 0 Å². The average Bonchev–Trinajstić information content (AvgIpc) is 3.53. The Balaban J connectivity index is 0.000000127. The lowest BCUT2D eigenvalue weighted by Crippen LogP contribution is -1.93. The fourth-order valence-electron chi connectivity index (χ4n) is 5.19. The second-order valence-corrected chi connectivity index (χ2v) is 14.4. The van der Waals surface area contributed by atoms with E-state index in [1.165, 1.54) is 43.6 Å². The summed E-state index contributed by atoms with van der Waals surface area (Å²) in [6.45, 7) is 0. The molecule has 212 valence electrons. The topological polar surface area (TPSA) is 20.7 Å². The van der Waals surface area contributed by atoms with Crippen molar-refractivity contribution in [1.29, 1.82) is 0 Å². The normalized spacial score (nSPS) is 10.9. The molecule has 8 aromatic rings. The van der Waals surface area contributed by atoms with E-state index in [9.17, 15) is 0 Å². The van der Waals surface area contributed by atoms with Crippen molar-refractivity contribution in [3.8, 4) is 5.69 Å². The Morgan fingerprint density at radius 1 is 0.372 bits per heavy atom. The highest BCUT2D eigenvalue weighted by Gasteiger charge is 2.11. The lowest BCUT2D eigenvalue weighted by atomic mass is 10.2. The highest BCUT2D eigenvalue weighted by atomic mass is 79.9. The minimum Gasteiger partial charge on any atom is -0.355 e. The molecule has 8 rings (SSSR count). The van der Waals surface area contributed by atoms with Crippen molar-refractivity contribution in [3.63, 3.8) is 0 Å². The van der Waals surface area contributed by atoms with Gasteiger partial charge in [-0.05, 0) is 60.7 Å². The Morgan fingerprint density at radius 2 is 0.698 bits per heavy atom. The number of rotatable bonds is 1. The number of aromatic amines is 1. The third kappa shape index (κ3) is 6.86. The summed E-state index contributed by atoms with van der Waals surface area (Å²) in [5, 5.41) is 5.17. The van der Waals surface area contributed by atoms with Crippen LogP contribution in [0.15, 0.2) is 156 Å². The van der Waals surface area contributed by atoms with E-state index in [0.29, 0.717) is 0 Å². The molecule has 0 atom stereocenters. The minimum atomic E-state index is 1.06. The molecular weight excluding hydrogens is 860 g/mol. The third-order valence-corrected chi connectivity index (χ3v) is 9.22. The van der Waals surface area contributed by atoms with E-state index in [2.05, 4.69) is 204 Å². The molecule has 0 radical (unpaired) electrons. The smallest absolute Gasteiger partial charge is 0.0541 e. The lowest BCUT2D eigenvalue weighted by molar-refractivity contribution is 1.17. The van der Waals surface area contributed by atoms with Gasteiger partial charge in [0.2, 0.25) is 0 Å². The zero-order valence-corrected chi connectivity index (χ0v) is 30.5. The first-order chi connectivity index (χ1) is 20.9. The van der Waals surface area contributed by atoms with Crippen LogP contribution in [-0.2, 0) is 0 Å². The van der Waals surface area contributed by atoms with Gasteiger partial charge in [-0.15, -0.1) is 0 Å². The molecule has 43 heavy (non-hydrogen) atoms. The standard InChI is InChI=1S/C18H11Br2N.C12H9N.C6H3Br3/c19-12-9-13(20)11-14(10-12)21-17-7-3-1-5-15(17)16-6-2-4-8-18(16)21;1-3-7-11-9(5-1)10-6-2-4-8-12(10)13-11;7-4-1-5(8)3-6(9)2-4/h1-11H;1-8,13H;1-3H. The highest BCUT2D eigenvalue weighted by Crippen LogP contribution is 2.33. The van der Waals surface area contributed by atoms with Crippen molar-refractivity contribution < 1.29 is 0 Å². The van der Waals surface area contributed by atoms with Crippen LogP contribution in [0.5, 0.6) is 0 Å². The molecule has 0 spiro atoms. The molecular formula is C36H23Br5N2. The number of fused-ring (bicyclic) bond motifs is 6. The molecule has 2 nitrogen and oxygen atoms in total. The number of aromatic nitrogens is 2. The number of hydrogen-bond donors (Lipinski definition) is 1.